The van der Waals surface area contributed by atoms with Gasteiger partial charge >= 0.3 is 5.97 Å². The third-order valence-corrected chi connectivity index (χ3v) is 6.36. The molecule has 5 atom stereocenters. The van der Waals surface area contributed by atoms with Gasteiger partial charge in [0.15, 0.2) is 0 Å². The highest BCUT2D eigenvalue weighted by Crippen LogP contribution is 2.25. The lowest BCUT2D eigenvalue weighted by molar-refractivity contribution is -0.152. The number of carbonyl (C=O) groups excluding carboxylic acids is 3. The lowest BCUT2D eigenvalue weighted by Gasteiger charge is -2.32. The third-order valence-electron chi connectivity index (χ3n) is 6.00. The SMILES string of the molecule is CCC(C)C(N)C(=O)NC(CS)C(=O)N1CCCC1C(=O)N1CCCC1C(=O)O. The van der Waals surface area contributed by atoms with Gasteiger partial charge in [-0.15, -0.1) is 0 Å². The largest absolute Gasteiger partial charge is 0.480 e. The van der Waals surface area contributed by atoms with Gasteiger partial charge in [-0.05, 0) is 31.6 Å². The van der Waals surface area contributed by atoms with Crippen LogP contribution in [0.5, 0.6) is 0 Å². The second-order valence-electron chi connectivity index (χ2n) is 7.87. The molecule has 9 nitrogen and oxygen atoms in total. The maximum Gasteiger partial charge on any atom is 0.326 e. The molecule has 0 aromatic carbocycles. The summed E-state index contributed by atoms with van der Waals surface area (Å²) in [5, 5.41) is 12.0. The second kappa shape index (κ2) is 10.3. The fraction of sp³-hybridized carbons (Fsp3) is 0.789. The smallest absolute Gasteiger partial charge is 0.326 e. The van der Waals surface area contributed by atoms with Crippen LogP contribution in [-0.4, -0.2) is 81.6 Å². The number of thiol groups is 1. The number of nitrogens with two attached hydrogens (primary N) is 1. The number of amides is 3. The molecule has 0 radical (unpaired) electrons. The molecule has 29 heavy (non-hydrogen) atoms. The highest BCUT2D eigenvalue weighted by molar-refractivity contribution is 7.80. The average molecular weight is 429 g/mol. The number of hydrogen-bond donors (Lipinski definition) is 4. The van der Waals surface area contributed by atoms with E-state index in [2.05, 4.69) is 17.9 Å². The van der Waals surface area contributed by atoms with E-state index in [4.69, 9.17) is 5.73 Å². The topological polar surface area (TPSA) is 133 Å². The Morgan fingerprint density at radius 1 is 1.14 bits per heavy atom. The first-order chi connectivity index (χ1) is 13.7. The predicted molar refractivity (Wildman–Crippen MR) is 110 cm³/mol. The van der Waals surface area contributed by atoms with Crippen LogP contribution in [0.1, 0.15) is 46.0 Å². The van der Waals surface area contributed by atoms with Gasteiger partial charge in [-0.25, -0.2) is 4.79 Å². The van der Waals surface area contributed by atoms with E-state index < -0.39 is 36.0 Å². The highest BCUT2D eigenvalue weighted by Gasteiger charge is 2.43. The van der Waals surface area contributed by atoms with E-state index in [0.717, 1.165) is 6.42 Å². The maximum atomic E-state index is 13.1. The minimum Gasteiger partial charge on any atom is -0.480 e. The lowest BCUT2D eigenvalue weighted by Crippen LogP contribution is -2.58. The van der Waals surface area contributed by atoms with Gasteiger partial charge in [-0.3, -0.25) is 14.4 Å². The summed E-state index contributed by atoms with van der Waals surface area (Å²) in [6, 6.07) is -3.16. The molecular formula is C19H32N4O5S. The number of hydrogen-bond acceptors (Lipinski definition) is 6. The normalized spacial score (nSPS) is 24.8. The number of likely N-dealkylation sites (tertiary alicyclic amines) is 2. The van der Waals surface area contributed by atoms with E-state index in [1.165, 1.54) is 9.80 Å². The van der Waals surface area contributed by atoms with E-state index in [1.54, 1.807) is 0 Å². The van der Waals surface area contributed by atoms with Crippen molar-refractivity contribution < 1.29 is 24.3 Å². The zero-order chi connectivity index (χ0) is 21.7. The van der Waals surface area contributed by atoms with Crippen molar-refractivity contribution in [1.82, 2.24) is 15.1 Å². The van der Waals surface area contributed by atoms with Crippen molar-refractivity contribution in [2.24, 2.45) is 11.7 Å². The first kappa shape index (κ1) is 23.5. The molecule has 0 aromatic heterocycles. The molecule has 0 aromatic rings. The summed E-state index contributed by atoms with van der Waals surface area (Å²) in [6.45, 7) is 4.57. The van der Waals surface area contributed by atoms with Crippen LogP contribution in [0.2, 0.25) is 0 Å². The van der Waals surface area contributed by atoms with Gasteiger partial charge in [0.1, 0.15) is 18.1 Å². The molecule has 0 saturated carbocycles. The number of aliphatic carboxylic acids is 1. The molecule has 5 unspecified atom stereocenters. The number of nitrogens with one attached hydrogen (secondary N) is 1. The highest BCUT2D eigenvalue weighted by atomic mass is 32.1. The molecule has 0 aliphatic carbocycles. The van der Waals surface area contributed by atoms with Crippen LogP contribution in [0.25, 0.3) is 0 Å². The molecule has 0 spiro atoms. The van der Waals surface area contributed by atoms with Crippen LogP contribution >= 0.6 is 12.6 Å². The zero-order valence-electron chi connectivity index (χ0n) is 17.0. The molecule has 0 bridgehead atoms. The molecular weight excluding hydrogens is 396 g/mol. The van der Waals surface area contributed by atoms with E-state index in [9.17, 15) is 24.3 Å². The van der Waals surface area contributed by atoms with Gasteiger partial charge in [0.25, 0.3) is 0 Å². The minimum atomic E-state index is -1.02. The van der Waals surface area contributed by atoms with E-state index in [1.807, 2.05) is 13.8 Å². The lowest BCUT2D eigenvalue weighted by atomic mass is 9.99. The number of carboxylic acids is 1. The van der Waals surface area contributed by atoms with E-state index >= 15 is 0 Å². The van der Waals surface area contributed by atoms with Gasteiger partial charge in [-0.2, -0.15) is 12.6 Å². The first-order valence-corrected chi connectivity index (χ1v) is 10.9. The summed E-state index contributed by atoms with van der Waals surface area (Å²) < 4.78 is 0. The van der Waals surface area contributed by atoms with Crippen LogP contribution in [0.3, 0.4) is 0 Å². The van der Waals surface area contributed by atoms with Crippen molar-refractivity contribution in [3.05, 3.63) is 0 Å². The fourth-order valence-electron chi connectivity index (χ4n) is 3.93. The Labute approximate surface area is 176 Å². The van der Waals surface area contributed by atoms with E-state index in [-0.39, 0.29) is 23.5 Å². The summed E-state index contributed by atoms with van der Waals surface area (Å²) in [5.41, 5.74) is 5.95. The van der Waals surface area contributed by atoms with Crippen molar-refractivity contribution in [2.45, 2.75) is 70.1 Å². The molecule has 2 saturated heterocycles. The maximum absolute atomic E-state index is 13.1. The monoisotopic (exact) mass is 428 g/mol. The van der Waals surface area contributed by atoms with Crippen LogP contribution < -0.4 is 11.1 Å². The van der Waals surface area contributed by atoms with Gasteiger partial charge < -0.3 is 26.0 Å². The zero-order valence-corrected chi connectivity index (χ0v) is 17.9. The van der Waals surface area contributed by atoms with Gasteiger partial charge in [0.2, 0.25) is 17.7 Å². The van der Waals surface area contributed by atoms with Gasteiger partial charge in [-0.1, -0.05) is 20.3 Å². The Hall–Kier alpha value is -1.81. The summed E-state index contributed by atoms with van der Waals surface area (Å²) in [5.74, 6) is -2.11. The van der Waals surface area contributed by atoms with Crippen molar-refractivity contribution in [1.29, 1.82) is 0 Å². The van der Waals surface area contributed by atoms with Crippen LogP contribution in [0.15, 0.2) is 0 Å². The standard InChI is InChI=1S/C19H32N4O5S/c1-3-11(2)15(20)16(24)21-12(10-29)17(25)22-8-4-6-13(22)18(26)23-9-5-7-14(23)19(27)28/h11-15,29H,3-10,20H2,1-2H3,(H,21,24)(H,27,28). The predicted octanol–water partition coefficient (Wildman–Crippen LogP) is -0.159. The van der Waals surface area contributed by atoms with Crippen molar-refractivity contribution >= 4 is 36.3 Å². The average Bonchev–Trinajstić information content (AvgIpc) is 3.39. The van der Waals surface area contributed by atoms with E-state index in [0.29, 0.717) is 38.8 Å². The molecule has 2 rings (SSSR count). The third kappa shape index (κ3) is 5.22. The minimum absolute atomic E-state index is 0.0325. The van der Waals surface area contributed by atoms with Gasteiger partial charge in [0, 0.05) is 18.8 Å². The summed E-state index contributed by atoms with van der Waals surface area (Å²) in [7, 11) is 0. The molecule has 2 fully saturated rings. The van der Waals surface area contributed by atoms with Crippen molar-refractivity contribution in [3.63, 3.8) is 0 Å². The number of carbonyl (C=O) groups is 4. The molecule has 10 heteroatoms. The molecule has 164 valence electrons. The number of nitrogens with zero attached hydrogens (tertiary/aromatic N) is 2. The Morgan fingerprint density at radius 2 is 1.72 bits per heavy atom. The summed E-state index contributed by atoms with van der Waals surface area (Å²) >= 11 is 4.20. The van der Waals surface area contributed by atoms with Crippen LogP contribution in [-0.2, 0) is 19.2 Å². The molecule has 3 amide bonds. The second-order valence-corrected chi connectivity index (χ2v) is 8.24. The Balaban J connectivity index is 2.08. The fourth-order valence-corrected chi connectivity index (χ4v) is 4.18. The first-order valence-electron chi connectivity index (χ1n) is 10.2. The molecule has 2 heterocycles. The molecule has 2 aliphatic heterocycles. The summed E-state index contributed by atoms with van der Waals surface area (Å²) in [6.07, 6.45) is 2.91. The Bertz CT molecular complexity index is 646. The van der Waals surface area contributed by atoms with Gasteiger partial charge in [0.05, 0.1) is 6.04 Å². The number of rotatable bonds is 8. The number of carboxylic acid groups (broad SMARTS) is 1. The van der Waals surface area contributed by atoms with Crippen LogP contribution in [0.4, 0.5) is 0 Å². The van der Waals surface area contributed by atoms with Crippen molar-refractivity contribution in [2.75, 3.05) is 18.8 Å². The molecule has 4 N–H and O–H groups in total. The summed E-state index contributed by atoms with van der Waals surface area (Å²) in [4.78, 5) is 52.7. The van der Waals surface area contributed by atoms with Crippen molar-refractivity contribution in [3.8, 4) is 0 Å². The quantitative estimate of drug-likeness (QED) is 0.397. The van der Waals surface area contributed by atoms with Crippen LogP contribution in [0, 0.1) is 5.92 Å². The Morgan fingerprint density at radius 3 is 2.28 bits per heavy atom. The Kier molecular flexibility index (Phi) is 8.33. The molecule has 2 aliphatic rings.